The number of hydrogen-bond donors (Lipinski definition) is 1. The lowest BCUT2D eigenvalue weighted by Crippen LogP contribution is -2.19. The second kappa shape index (κ2) is 5.36. The lowest BCUT2D eigenvalue weighted by Gasteiger charge is -2.12. The predicted octanol–water partition coefficient (Wildman–Crippen LogP) is 2.12. The summed E-state index contributed by atoms with van der Waals surface area (Å²) in [6.07, 6.45) is -4.27. The van der Waals surface area contributed by atoms with Gasteiger partial charge in [0.15, 0.2) is 6.10 Å². The Balaban J connectivity index is 2.57. The van der Waals surface area contributed by atoms with Gasteiger partial charge < -0.3 is 14.4 Å². The third-order valence-corrected chi connectivity index (χ3v) is 2.10. The summed E-state index contributed by atoms with van der Waals surface area (Å²) in [5, 5.41) is 8.97. The normalized spacial score (nSPS) is 14.1. The summed E-state index contributed by atoms with van der Waals surface area (Å²) in [5.41, 5.74) is -0.149. The molecule has 1 aromatic rings. The molecular formula is C10H14F3NO2. The van der Waals surface area contributed by atoms with Gasteiger partial charge in [0.05, 0.1) is 6.61 Å². The molecule has 1 unspecified atom stereocenters. The minimum absolute atomic E-state index is 0.149. The van der Waals surface area contributed by atoms with Gasteiger partial charge in [-0.2, -0.15) is 13.2 Å². The monoisotopic (exact) mass is 237 g/mol. The van der Waals surface area contributed by atoms with E-state index in [4.69, 9.17) is 9.84 Å². The first kappa shape index (κ1) is 13.1. The van der Waals surface area contributed by atoms with Gasteiger partial charge in [0, 0.05) is 31.1 Å². The second-order valence-corrected chi connectivity index (χ2v) is 3.32. The molecule has 3 nitrogen and oxygen atoms in total. The summed E-state index contributed by atoms with van der Waals surface area (Å²) in [6.45, 7) is 3.32. The average Bonchev–Trinajstić information content (AvgIpc) is 2.64. The zero-order valence-corrected chi connectivity index (χ0v) is 8.87. The summed E-state index contributed by atoms with van der Waals surface area (Å²) in [7, 11) is 0. The largest absolute Gasteiger partial charge is 0.418 e. The molecule has 0 radical (unpaired) electrons. The number of rotatable bonds is 5. The van der Waals surface area contributed by atoms with E-state index in [-0.39, 0.29) is 5.56 Å². The number of ether oxygens (including phenoxy) is 1. The Morgan fingerprint density at radius 1 is 1.50 bits per heavy atom. The van der Waals surface area contributed by atoms with E-state index in [0.717, 1.165) is 0 Å². The zero-order chi connectivity index (χ0) is 12.2. The molecule has 1 aromatic heterocycles. The molecule has 1 heterocycles. The van der Waals surface area contributed by atoms with Crippen LogP contribution in [0.3, 0.4) is 0 Å². The van der Waals surface area contributed by atoms with Crippen molar-refractivity contribution in [3.8, 4) is 0 Å². The minimum atomic E-state index is -4.62. The summed E-state index contributed by atoms with van der Waals surface area (Å²) in [6, 6.07) is 1.25. The van der Waals surface area contributed by atoms with Crippen LogP contribution in [0.5, 0.6) is 0 Å². The van der Waals surface area contributed by atoms with Gasteiger partial charge in [-0.15, -0.1) is 0 Å². The molecule has 0 bridgehead atoms. The van der Waals surface area contributed by atoms with E-state index in [0.29, 0.717) is 19.8 Å². The van der Waals surface area contributed by atoms with E-state index in [1.807, 2.05) is 6.92 Å². The van der Waals surface area contributed by atoms with E-state index < -0.39 is 12.3 Å². The highest BCUT2D eigenvalue weighted by molar-refractivity contribution is 5.15. The van der Waals surface area contributed by atoms with Crippen LogP contribution in [0.1, 0.15) is 18.6 Å². The van der Waals surface area contributed by atoms with E-state index >= 15 is 0 Å². The van der Waals surface area contributed by atoms with E-state index in [1.54, 1.807) is 4.57 Å². The fourth-order valence-electron chi connectivity index (χ4n) is 1.26. The summed E-state index contributed by atoms with van der Waals surface area (Å²) < 4.78 is 43.1. The number of aromatic nitrogens is 1. The molecule has 0 saturated heterocycles. The number of aliphatic hydroxyl groups is 1. The van der Waals surface area contributed by atoms with Gasteiger partial charge in [0.25, 0.3) is 0 Å². The van der Waals surface area contributed by atoms with Gasteiger partial charge in [-0.05, 0) is 13.0 Å². The maximum atomic E-state index is 12.2. The molecule has 0 saturated carbocycles. The van der Waals surface area contributed by atoms with E-state index in [9.17, 15) is 13.2 Å². The van der Waals surface area contributed by atoms with Gasteiger partial charge in [-0.25, -0.2) is 0 Å². The molecule has 0 aliphatic rings. The maximum Gasteiger partial charge on any atom is 0.418 e. The topological polar surface area (TPSA) is 34.4 Å². The average molecular weight is 237 g/mol. The summed E-state index contributed by atoms with van der Waals surface area (Å²) in [5.74, 6) is 0. The Hall–Kier alpha value is -1.01. The minimum Gasteiger partial charge on any atom is -0.380 e. The highest BCUT2D eigenvalue weighted by atomic mass is 19.4. The van der Waals surface area contributed by atoms with Crippen LogP contribution in [0.15, 0.2) is 18.5 Å². The number of halogens is 3. The summed E-state index contributed by atoms with van der Waals surface area (Å²) in [4.78, 5) is 0. The molecule has 1 atom stereocenters. The van der Waals surface area contributed by atoms with Crippen molar-refractivity contribution in [3.05, 3.63) is 24.0 Å². The lowest BCUT2D eigenvalue weighted by atomic mass is 10.2. The van der Waals surface area contributed by atoms with Crippen LogP contribution in [-0.2, 0) is 11.3 Å². The molecule has 6 heteroatoms. The highest BCUT2D eigenvalue weighted by Crippen LogP contribution is 2.32. The Morgan fingerprint density at radius 3 is 2.75 bits per heavy atom. The van der Waals surface area contributed by atoms with Crippen molar-refractivity contribution < 1.29 is 23.0 Å². The molecule has 1 rings (SSSR count). The van der Waals surface area contributed by atoms with Crippen LogP contribution in [0.4, 0.5) is 13.2 Å². The molecule has 0 aromatic carbocycles. The van der Waals surface area contributed by atoms with Crippen LogP contribution >= 0.6 is 0 Å². The van der Waals surface area contributed by atoms with E-state index in [2.05, 4.69) is 0 Å². The number of aliphatic hydroxyl groups excluding tert-OH is 1. The van der Waals surface area contributed by atoms with Crippen LogP contribution in [0.25, 0.3) is 0 Å². The van der Waals surface area contributed by atoms with Crippen molar-refractivity contribution in [1.82, 2.24) is 4.57 Å². The standard InChI is InChI=1S/C10H14F3NO2/c1-2-16-6-5-14-4-3-8(7-14)9(15)10(11,12)13/h3-4,7,9,15H,2,5-6H2,1H3. The van der Waals surface area contributed by atoms with Crippen molar-refractivity contribution in [2.45, 2.75) is 25.7 Å². The molecule has 0 amide bonds. The molecular weight excluding hydrogens is 223 g/mol. The van der Waals surface area contributed by atoms with Crippen LogP contribution in [-0.4, -0.2) is 29.1 Å². The van der Waals surface area contributed by atoms with Gasteiger partial charge in [0.2, 0.25) is 0 Å². The van der Waals surface area contributed by atoms with Crippen molar-refractivity contribution >= 4 is 0 Å². The first-order valence-electron chi connectivity index (χ1n) is 4.93. The summed E-state index contributed by atoms with van der Waals surface area (Å²) >= 11 is 0. The zero-order valence-electron chi connectivity index (χ0n) is 8.87. The Bertz CT molecular complexity index is 322. The van der Waals surface area contributed by atoms with Gasteiger partial charge >= 0.3 is 6.18 Å². The molecule has 0 fully saturated rings. The molecule has 0 aliphatic heterocycles. The van der Waals surface area contributed by atoms with Crippen molar-refractivity contribution in [2.24, 2.45) is 0 Å². The third kappa shape index (κ3) is 3.53. The SMILES string of the molecule is CCOCCn1ccc(C(O)C(F)(F)F)c1. The number of hydrogen-bond acceptors (Lipinski definition) is 2. The molecule has 0 spiro atoms. The Kier molecular flexibility index (Phi) is 4.37. The van der Waals surface area contributed by atoms with E-state index in [1.165, 1.54) is 18.5 Å². The second-order valence-electron chi connectivity index (χ2n) is 3.32. The van der Waals surface area contributed by atoms with Crippen molar-refractivity contribution in [3.63, 3.8) is 0 Å². The fraction of sp³-hybridized carbons (Fsp3) is 0.600. The van der Waals surface area contributed by atoms with Crippen molar-refractivity contribution in [2.75, 3.05) is 13.2 Å². The van der Waals surface area contributed by atoms with Crippen LogP contribution in [0.2, 0.25) is 0 Å². The quantitative estimate of drug-likeness (QED) is 0.796. The highest BCUT2D eigenvalue weighted by Gasteiger charge is 2.39. The number of nitrogens with zero attached hydrogens (tertiary/aromatic N) is 1. The van der Waals surface area contributed by atoms with Gasteiger partial charge in [-0.3, -0.25) is 0 Å². The number of alkyl halides is 3. The van der Waals surface area contributed by atoms with Crippen LogP contribution in [0, 0.1) is 0 Å². The Morgan fingerprint density at radius 2 is 2.19 bits per heavy atom. The molecule has 1 N–H and O–H groups in total. The fourth-order valence-corrected chi connectivity index (χ4v) is 1.26. The smallest absolute Gasteiger partial charge is 0.380 e. The molecule has 0 aliphatic carbocycles. The van der Waals surface area contributed by atoms with Crippen LogP contribution < -0.4 is 0 Å². The van der Waals surface area contributed by atoms with Gasteiger partial charge in [0.1, 0.15) is 0 Å². The lowest BCUT2D eigenvalue weighted by molar-refractivity contribution is -0.206. The Labute approximate surface area is 91.4 Å². The maximum absolute atomic E-state index is 12.2. The first-order valence-corrected chi connectivity index (χ1v) is 4.93. The van der Waals surface area contributed by atoms with Gasteiger partial charge in [-0.1, -0.05) is 0 Å². The molecule has 16 heavy (non-hydrogen) atoms. The third-order valence-electron chi connectivity index (χ3n) is 2.10. The predicted molar refractivity (Wildman–Crippen MR) is 51.9 cm³/mol. The molecule has 92 valence electrons. The van der Waals surface area contributed by atoms with Crippen molar-refractivity contribution in [1.29, 1.82) is 0 Å². The first-order chi connectivity index (χ1) is 7.45.